The smallest absolute Gasteiger partial charge is 0.273 e. The van der Waals surface area contributed by atoms with Crippen LogP contribution in [0.1, 0.15) is 47.8 Å². The molecule has 0 aromatic carbocycles. The van der Waals surface area contributed by atoms with Gasteiger partial charge < -0.3 is 14.8 Å². The Morgan fingerprint density at radius 3 is 3.09 bits per heavy atom. The summed E-state index contributed by atoms with van der Waals surface area (Å²) in [5.74, 6) is 2.52. The Balaban J connectivity index is 1.35. The molecule has 2 aromatic heterocycles. The van der Waals surface area contributed by atoms with Crippen LogP contribution in [0.25, 0.3) is 0 Å². The number of amides is 1. The molecule has 1 saturated carbocycles. The molecule has 7 heteroatoms. The third-order valence-corrected chi connectivity index (χ3v) is 4.67. The number of imidazole rings is 1. The largest absolute Gasteiger partial charge is 0.360 e. The zero-order chi connectivity index (χ0) is 15.8. The van der Waals surface area contributed by atoms with Gasteiger partial charge in [0.25, 0.3) is 5.91 Å². The third kappa shape index (κ3) is 3.14. The first-order valence-corrected chi connectivity index (χ1v) is 8.17. The van der Waals surface area contributed by atoms with Crippen LogP contribution in [0.4, 0.5) is 0 Å². The average Bonchev–Trinajstić information content (AvgIpc) is 2.94. The Morgan fingerprint density at radius 2 is 2.35 bits per heavy atom. The summed E-state index contributed by atoms with van der Waals surface area (Å²) in [6.07, 6.45) is 5.86. The second-order valence-electron chi connectivity index (χ2n) is 6.68. The lowest BCUT2D eigenvalue weighted by Crippen LogP contribution is -2.40. The number of H-pyrrole nitrogens is 1. The summed E-state index contributed by atoms with van der Waals surface area (Å²) in [6.45, 7) is 4.70. The number of aromatic amines is 1. The van der Waals surface area contributed by atoms with E-state index in [0.29, 0.717) is 17.5 Å². The van der Waals surface area contributed by atoms with Gasteiger partial charge in [0.15, 0.2) is 5.69 Å². The summed E-state index contributed by atoms with van der Waals surface area (Å²) in [5.41, 5.74) is 0.392. The monoisotopic (exact) mass is 315 g/mol. The summed E-state index contributed by atoms with van der Waals surface area (Å²) in [5, 5.41) is 7.00. The molecule has 1 amide bonds. The zero-order valence-electron chi connectivity index (χ0n) is 13.2. The van der Waals surface area contributed by atoms with Gasteiger partial charge in [0.1, 0.15) is 11.6 Å². The van der Waals surface area contributed by atoms with E-state index in [1.165, 1.54) is 0 Å². The molecular weight excluding hydrogens is 294 g/mol. The van der Waals surface area contributed by atoms with Gasteiger partial charge in [0, 0.05) is 43.5 Å². The van der Waals surface area contributed by atoms with Gasteiger partial charge in [-0.2, -0.15) is 0 Å². The van der Waals surface area contributed by atoms with Gasteiger partial charge in [0.2, 0.25) is 0 Å². The maximum atomic E-state index is 12.4. The van der Waals surface area contributed by atoms with E-state index in [1.807, 2.05) is 6.20 Å². The van der Waals surface area contributed by atoms with E-state index in [1.54, 1.807) is 12.3 Å². The molecule has 0 bridgehead atoms. The first-order valence-electron chi connectivity index (χ1n) is 8.17. The molecule has 3 heterocycles. The molecule has 2 atom stereocenters. The summed E-state index contributed by atoms with van der Waals surface area (Å²) in [6, 6.07) is 1.91. The quantitative estimate of drug-likeness (QED) is 0.873. The van der Waals surface area contributed by atoms with Crippen LogP contribution in [-0.4, -0.2) is 45.1 Å². The van der Waals surface area contributed by atoms with Crippen molar-refractivity contribution < 1.29 is 9.32 Å². The molecule has 4 rings (SSSR count). The average molecular weight is 315 g/mol. The second kappa shape index (κ2) is 5.81. The molecule has 2 aliphatic rings. The summed E-state index contributed by atoms with van der Waals surface area (Å²) in [4.78, 5) is 22.0. The van der Waals surface area contributed by atoms with Crippen molar-refractivity contribution in [3.63, 3.8) is 0 Å². The Hall–Kier alpha value is -2.15. The van der Waals surface area contributed by atoms with Gasteiger partial charge in [-0.1, -0.05) is 12.1 Å². The third-order valence-electron chi connectivity index (χ3n) is 4.67. The molecule has 2 fully saturated rings. The summed E-state index contributed by atoms with van der Waals surface area (Å²) in [7, 11) is 0. The highest BCUT2D eigenvalue weighted by molar-refractivity contribution is 5.92. The molecule has 7 nitrogen and oxygen atoms in total. The predicted molar refractivity (Wildman–Crippen MR) is 82.8 cm³/mol. The number of rotatable bonds is 5. The van der Waals surface area contributed by atoms with Crippen LogP contribution >= 0.6 is 0 Å². The molecule has 1 aliphatic heterocycles. The molecule has 2 aromatic rings. The minimum atomic E-state index is -0.141. The maximum absolute atomic E-state index is 12.4. The maximum Gasteiger partial charge on any atom is 0.273 e. The van der Waals surface area contributed by atoms with Gasteiger partial charge in [-0.05, 0) is 18.8 Å². The van der Waals surface area contributed by atoms with Crippen LogP contribution in [0.3, 0.4) is 0 Å². The molecule has 2 N–H and O–H groups in total. The Labute approximate surface area is 134 Å². The van der Waals surface area contributed by atoms with Crippen molar-refractivity contribution in [3.05, 3.63) is 35.7 Å². The van der Waals surface area contributed by atoms with Crippen LogP contribution in [-0.2, 0) is 6.54 Å². The number of nitrogens with one attached hydrogen (secondary N) is 2. The molecule has 1 saturated heterocycles. The number of likely N-dealkylation sites (tertiary alicyclic amines) is 1. The van der Waals surface area contributed by atoms with E-state index in [-0.39, 0.29) is 11.9 Å². The Bertz CT molecular complexity index is 676. The van der Waals surface area contributed by atoms with Gasteiger partial charge in [-0.25, -0.2) is 4.98 Å². The van der Waals surface area contributed by atoms with Crippen LogP contribution in [0, 0.1) is 5.92 Å². The van der Waals surface area contributed by atoms with Gasteiger partial charge in [-0.3, -0.25) is 9.69 Å². The lowest BCUT2D eigenvalue weighted by molar-refractivity contribution is 0.0922. The second-order valence-corrected chi connectivity index (χ2v) is 6.68. The van der Waals surface area contributed by atoms with E-state index in [0.717, 1.165) is 44.1 Å². The highest BCUT2D eigenvalue weighted by atomic mass is 16.5. The number of hydrogen-bond acceptors (Lipinski definition) is 5. The van der Waals surface area contributed by atoms with Crippen molar-refractivity contribution in [1.29, 1.82) is 0 Å². The molecule has 0 spiro atoms. The zero-order valence-corrected chi connectivity index (χ0v) is 13.2. The van der Waals surface area contributed by atoms with Crippen LogP contribution in [0.5, 0.6) is 0 Å². The van der Waals surface area contributed by atoms with Crippen LogP contribution in [0.15, 0.2) is 23.0 Å². The van der Waals surface area contributed by atoms with Crippen molar-refractivity contribution in [2.45, 2.75) is 38.3 Å². The number of carbonyl (C=O) groups excluding carboxylic acids is 1. The van der Waals surface area contributed by atoms with Crippen LogP contribution < -0.4 is 5.32 Å². The minimum Gasteiger partial charge on any atom is -0.360 e. The van der Waals surface area contributed by atoms with Crippen molar-refractivity contribution in [2.24, 2.45) is 5.92 Å². The Morgan fingerprint density at radius 1 is 1.48 bits per heavy atom. The van der Waals surface area contributed by atoms with E-state index >= 15 is 0 Å². The number of nitrogens with zero attached hydrogens (tertiary/aromatic N) is 3. The molecule has 1 aliphatic carbocycles. The standard InChI is InChI=1S/C16H21N5O2/c1-10-7-21(9-15-17-4-5-18-15)8-13(10)19-16(22)12-6-14(23-20-12)11-2-3-11/h4-6,10-11,13H,2-3,7-9H2,1H3,(H,17,18)(H,19,22)/t10-,13-/m0/s1. The predicted octanol–water partition coefficient (Wildman–Crippen LogP) is 1.53. The highest BCUT2D eigenvalue weighted by Gasteiger charge is 2.33. The van der Waals surface area contributed by atoms with Crippen molar-refractivity contribution in [1.82, 2.24) is 25.3 Å². The lowest BCUT2D eigenvalue weighted by Gasteiger charge is -2.16. The number of aromatic nitrogens is 3. The first kappa shape index (κ1) is 14.4. The molecule has 23 heavy (non-hydrogen) atoms. The summed E-state index contributed by atoms with van der Waals surface area (Å²) < 4.78 is 5.26. The van der Waals surface area contributed by atoms with E-state index < -0.39 is 0 Å². The normalized spacial score (nSPS) is 24.9. The van der Waals surface area contributed by atoms with Crippen molar-refractivity contribution in [2.75, 3.05) is 13.1 Å². The van der Waals surface area contributed by atoms with Gasteiger partial charge in [0.05, 0.1) is 6.54 Å². The number of carbonyl (C=O) groups is 1. The fraction of sp³-hybridized carbons (Fsp3) is 0.562. The SMILES string of the molecule is C[C@H]1CN(Cc2ncc[nH]2)C[C@@H]1NC(=O)c1cc(C2CC2)on1. The first-order chi connectivity index (χ1) is 11.2. The van der Waals surface area contributed by atoms with Crippen molar-refractivity contribution in [3.8, 4) is 0 Å². The van der Waals surface area contributed by atoms with E-state index in [4.69, 9.17) is 4.52 Å². The fourth-order valence-corrected chi connectivity index (χ4v) is 3.18. The van der Waals surface area contributed by atoms with Gasteiger partial charge in [-0.15, -0.1) is 0 Å². The van der Waals surface area contributed by atoms with Crippen LogP contribution in [0.2, 0.25) is 0 Å². The number of hydrogen-bond donors (Lipinski definition) is 2. The highest BCUT2D eigenvalue weighted by Crippen LogP contribution is 2.40. The molecule has 0 radical (unpaired) electrons. The molecule has 122 valence electrons. The van der Waals surface area contributed by atoms with Gasteiger partial charge >= 0.3 is 0 Å². The molecular formula is C16H21N5O2. The lowest BCUT2D eigenvalue weighted by atomic mass is 10.1. The summed E-state index contributed by atoms with van der Waals surface area (Å²) >= 11 is 0. The fourth-order valence-electron chi connectivity index (χ4n) is 3.18. The Kier molecular flexibility index (Phi) is 3.65. The van der Waals surface area contributed by atoms with E-state index in [2.05, 4.69) is 32.3 Å². The van der Waals surface area contributed by atoms with Crippen molar-refractivity contribution >= 4 is 5.91 Å². The topological polar surface area (TPSA) is 87.0 Å². The minimum absolute atomic E-state index is 0.124. The molecule has 0 unspecified atom stereocenters. The van der Waals surface area contributed by atoms with E-state index in [9.17, 15) is 4.79 Å².